The Bertz CT molecular complexity index is 567. The predicted octanol–water partition coefficient (Wildman–Crippen LogP) is 1.94. The van der Waals surface area contributed by atoms with E-state index < -0.39 is 4.92 Å². The minimum Gasteiger partial charge on any atom is -0.507 e. The number of phenolic OH excluding ortho intramolecular Hbond substituents is 1. The molecule has 0 aliphatic rings. The lowest BCUT2D eigenvalue weighted by Crippen LogP contribution is -1.91. The van der Waals surface area contributed by atoms with Crippen molar-refractivity contribution in [3.63, 3.8) is 0 Å². The van der Waals surface area contributed by atoms with Gasteiger partial charge in [-0.25, -0.2) is 4.98 Å². The van der Waals surface area contributed by atoms with Crippen LogP contribution in [0.3, 0.4) is 0 Å². The normalized spacial score (nSPS) is 10.1. The molecular weight excluding hydrogens is 222 g/mol. The average Bonchev–Trinajstić information content (AvgIpc) is 2.29. The molecule has 0 bridgehead atoms. The van der Waals surface area contributed by atoms with Gasteiger partial charge in [0.2, 0.25) is 0 Å². The number of aromatic nitrogens is 1. The summed E-state index contributed by atoms with van der Waals surface area (Å²) < 4.78 is 0. The summed E-state index contributed by atoms with van der Waals surface area (Å²) in [4.78, 5) is 13.9. The summed E-state index contributed by atoms with van der Waals surface area (Å²) >= 11 is 0. The van der Waals surface area contributed by atoms with Crippen molar-refractivity contribution in [2.75, 3.05) is 5.73 Å². The predicted molar refractivity (Wildman–Crippen MR) is 62.4 cm³/mol. The molecule has 0 unspecified atom stereocenters. The van der Waals surface area contributed by atoms with E-state index in [4.69, 9.17) is 5.73 Å². The summed E-state index contributed by atoms with van der Waals surface area (Å²) in [6.07, 6.45) is 1.14. The van der Waals surface area contributed by atoms with E-state index in [1.807, 2.05) is 0 Å². The van der Waals surface area contributed by atoms with Gasteiger partial charge in [-0.2, -0.15) is 0 Å². The first-order valence-electron chi connectivity index (χ1n) is 4.77. The number of anilines is 1. The first-order valence-corrected chi connectivity index (χ1v) is 4.77. The van der Waals surface area contributed by atoms with Gasteiger partial charge in [-0.1, -0.05) is 0 Å². The van der Waals surface area contributed by atoms with Crippen molar-refractivity contribution in [2.45, 2.75) is 0 Å². The molecule has 0 atom stereocenters. The highest BCUT2D eigenvalue weighted by molar-refractivity contribution is 5.70. The minimum absolute atomic E-state index is 0.00801. The number of nitrogens with two attached hydrogens (primary N) is 1. The number of hydrogen-bond donors (Lipinski definition) is 2. The number of hydrogen-bond acceptors (Lipinski definition) is 5. The van der Waals surface area contributed by atoms with Gasteiger partial charge in [0.1, 0.15) is 11.9 Å². The van der Waals surface area contributed by atoms with Crippen LogP contribution in [0.1, 0.15) is 0 Å². The molecule has 3 N–H and O–H groups in total. The number of aromatic hydroxyl groups is 1. The van der Waals surface area contributed by atoms with Crippen LogP contribution in [-0.2, 0) is 0 Å². The third kappa shape index (κ3) is 2.15. The van der Waals surface area contributed by atoms with E-state index in [1.165, 1.54) is 18.2 Å². The number of pyridine rings is 1. The third-order valence-corrected chi connectivity index (χ3v) is 2.26. The van der Waals surface area contributed by atoms with Gasteiger partial charge in [0.05, 0.1) is 10.6 Å². The molecule has 0 aliphatic heterocycles. The first-order chi connectivity index (χ1) is 8.08. The molecule has 6 heteroatoms. The molecule has 2 rings (SSSR count). The molecule has 1 heterocycles. The van der Waals surface area contributed by atoms with Gasteiger partial charge in [0, 0.05) is 23.4 Å². The maximum absolute atomic E-state index is 10.5. The fraction of sp³-hybridized carbons (Fsp3) is 0. The Kier molecular flexibility index (Phi) is 2.61. The highest BCUT2D eigenvalue weighted by atomic mass is 16.6. The molecule has 0 saturated carbocycles. The van der Waals surface area contributed by atoms with Crippen LogP contribution in [0.25, 0.3) is 11.3 Å². The molecule has 0 amide bonds. The number of phenols is 1. The van der Waals surface area contributed by atoms with Crippen LogP contribution in [0.5, 0.6) is 5.75 Å². The SMILES string of the molecule is Nc1ccc(-c2ccc([N+](=O)[O-])cn2)c(O)c1. The summed E-state index contributed by atoms with van der Waals surface area (Å²) in [5, 5.41) is 20.1. The molecule has 1 aromatic carbocycles. The highest BCUT2D eigenvalue weighted by Gasteiger charge is 2.09. The van der Waals surface area contributed by atoms with E-state index >= 15 is 0 Å². The van der Waals surface area contributed by atoms with Gasteiger partial charge in [0.15, 0.2) is 0 Å². The van der Waals surface area contributed by atoms with Crippen LogP contribution < -0.4 is 5.73 Å². The van der Waals surface area contributed by atoms with Crippen molar-refractivity contribution in [3.05, 3.63) is 46.6 Å². The smallest absolute Gasteiger partial charge is 0.287 e. The molecule has 0 fully saturated rings. The van der Waals surface area contributed by atoms with Crippen molar-refractivity contribution < 1.29 is 10.0 Å². The summed E-state index contributed by atoms with van der Waals surface area (Å²) in [5.41, 5.74) is 6.78. The Morgan fingerprint density at radius 1 is 1.29 bits per heavy atom. The Balaban J connectivity index is 2.43. The minimum atomic E-state index is -0.528. The summed E-state index contributed by atoms with van der Waals surface area (Å²) in [5.74, 6) is -0.00801. The molecule has 86 valence electrons. The van der Waals surface area contributed by atoms with E-state index in [0.29, 0.717) is 16.9 Å². The van der Waals surface area contributed by atoms with Crippen molar-refractivity contribution in [1.82, 2.24) is 4.98 Å². The van der Waals surface area contributed by atoms with E-state index in [9.17, 15) is 15.2 Å². The molecule has 2 aromatic rings. The number of nitrogens with zero attached hydrogens (tertiary/aromatic N) is 2. The second kappa shape index (κ2) is 4.09. The van der Waals surface area contributed by atoms with Gasteiger partial charge in [-0.15, -0.1) is 0 Å². The summed E-state index contributed by atoms with van der Waals surface area (Å²) in [7, 11) is 0. The quantitative estimate of drug-likeness (QED) is 0.467. The number of rotatable bonds is 2. The lowest BCUT2D eigenvalue weighted by atomic mass is 10.1. The van der Waals surface area contributed by atoms with Gasteiger partial charge in [-0.05, 0) is 18.2 Å². The standard InChI is InChI=1S/C11H9N3O3/c12-7-1-3-9(11(15)5-7)10-4-2-8(6-13-10)14(16)17/h1-6,15H,12H2. The van der Waals surface area contributed by atoms with Gasteiger partial charge < -0.3 is 10.8 Å². The van der Waals surface area contributed by atoms with Crippen molar-refractivity contribution in [2.24, 2.45) is 0 Å². The number of nitrogen functional groups attached to an aromatic ring is 1. The van der Waals surface area contributed by atoms with Crippen LogP contribution in [-0.4, -0.2) is 15.0 Å². The maximum Gasteiger partial charge on any atom is 0.287 e. The summed E-state index contributed by atoms with van der Waals surface area (Å²) in [6.45, 7) is 0. The third-order valence-electron chi connectivity index (χ3n) is 2.26. The Labute approximate surface area is 96.5 Å². The number of benzene rings is 1. The van der Waals surface area contributed by atoms with Crippen molar-refractivity contribution in [3.8, 4) is 17.0 Å². The van der Waals surface area contributed by atoms with Crippen LogP contribution >= 0.6 is 0 Å². The topological polar surface area (TPSA) is 102 Å². The monoisotopic (exact) mass is 231 g/mol. The number of nitro groups is 1. The molecular formula is C11H9N3O3. The van der Waals surface area contributed by atoms with Gasteiger partial charge in [-0.3, -0.25) is 10.1 Å². The van der Waals surface area contributed by atoms with E-state index in [0.717, 1.165) is 6.20 Å². The summed E-state index contributed by atoms with van der Waals surface area (Å²) in [6, 6.07) is 7.44. The van der Waals surface area contributed by atoms with E-state index in [-0.39, 0.29) is 11.4 Å². The fourth-order valence-corrected chi connectivity index (χ4v) is 1.42. The molecule has 17 heavy (non-hydrogen) atoms. The second-order valence-corrected chi connectivity index (χ2v) is 3.44. The van der Waals surface area contributed by atoms with Crippen molar-refractivity contribution >= 4 is 11.4 Å². The highest BCUT2D eigenvalue weighted by Crippen LogP contribution is 2.29. The van der Waals surface area contributed by atoms with Crippen LogP contribution in [0.15, 0.2) is 36.5 Å². The molecule has 0 radical (unpaired) electrons. The lowest BCUT2D eigenvalue weighted by Gasteiger charge is -2.04. The largest absolute Gasteiger partial charge is 0.507 e. The Hall–Kier alpha value is -2.63. The average molecular weight is 231 g/mol. The second-order valence-electron chi connectivity index (χ2n) is 3.44. The zero-order valence-electron chi connectivity index (χ0n) is 8.70. The molecule has 0 saturated heterocycles. The van der Waals surface area contributed by atoms with Crippen LogP contribution in [0.4, 0.5) is 11.4 Å². The molecule has 0 spiro atoms. The zero-order chi connectivity index (χ0) is 12.4. The van der Waals surface area contributed by atoms with Gasteiger partial charge >= 0.3 is 0 Å². The van der Waals surface area contributed by atoms with Crippen molar-refractivity contribution in [1.29, 1.82) is 0 Å². The fourth-order valence-electron chi connectivity index (χ4n) is 1.42. The molecule has 0 aliphatic carbocycles. The van der Waals surface area contributed by atoms with E-state index in [2.05, 4.69) is 4.98 Å². The lowest BCUT2D eigenvalue weighted by molar-refractivity contribution is -0.385. The van der Waals surface area contributed by atoms with Gasteiger partial charge in [0.25, 0.3) is 5.69 Å². The first kappa shape index (κ1) is 10.9. The van der Waals surface area contributed by atoms with Crippen LogP contribution in [0, 0.1) is 10.1 Å². The van der Waals surface area contributed by atoms with E-state index in [1.54, 1.807) is 12.1 Å². The zero-order valence-corrected chi connectivity index (χ0v) is 8.70. The van der Waals surface area contributed by atoms with Crippen LogP contribution in [0.2, 0.25) is 0 Å². The molecule has 6 nitrogen and oxygen atoms in total. The Morgan fingerprint density at radius 3 is 2.59 bits per heavy atom. The maximum atomic E-state index is 10.5. The Morgan fingerprint density at radius 2 is 2.06 bits per heavy atom. The molecule has 1 aromatic heterocycles.